The average Bonchev–Trinajstić information content (AvgIpc) is 2.53. The Labute approximate surface area is 159 Å². The number of likely N-dealkylation sites (N-methyl/N-ethyl adjacent to an activating group) is 1. The van der Waals surface area contributed by atoms with E-state index in [-0.39, 0.29) is 41.9 Å². The third kappa shape index (κ3) is 7.22. The van der Waals surface area contributed by atoms with E-state index in [1.807, 2.05) is 27.7 Å². The average molecular weight is 380 g/mol. The zero-order chi connectivity index (χ0) is 20.8. The van der Waals surface area contributed by atoms with Crippen molar-refractivity contribution in [1.29, 1.82) is 0 Å². The maximum Gasteiger partial charge on any atom is 0.311 e. The van der Waals surface area contributed by atoms with Crippen LogP contribution in [0.4, 0.5) is 11.4 Å². The van der Waals surface area contributed by atoms with Gasteiger partial charge in [-0.1, -0.05) is 6.92 Å². The molecule has 0 spiro atoms. The quantitative estimate of drug-likeness (QED) is 0.527. The molecule has 1 aromatic carbocycles. The molecule has 2 amide bonds. The van der Waals surface area contributed by atoms with Gasteiger partial charge >= 0.3 is 5.69 Å². The molecule has 0 saturated heterocycles. The highest BCUT2D eigenvalue weighted by molar-refractivity contribution is 5.94. The number of nitrogens with one attached hydrogen (secondary N) is 2. The molecule has 0 aliphatic rings. The molecule has 0 heterocycles. The predicted octanol–water partition coefficient (Wildman–Crippen LogP) is 2.09. The van der Waals surface area contributed by atoms with Crippen LogP contribution in [0.1, 0.15) is 33.3 Å². The minimum atomic E-state index is -0.538. The van der Waals surface area contributed by atoms with Gasteiger partial charge in [0, 0.05) is 23.4 Å². The van der Waals surface area contributed by atoms with Crippen LogP contribution in [0.3, 0.4) is 0 Å². The number of carbonyl (C=O) groups excluding carboxylic acids is 2. The summed E-state index contributed by atoms with van der Waals surface area (Å²) in [6.07, 6.45) is 0. The lowest BCUT2D eigenvalue weighted by Crippen LogP contribution is -2.47. The highest BCUT2D eigenvalue weighted by Gasteiger charge is 2.20. The predicted molar refractivity (Wildman–Crippen MR) is 103 cm³/mol. The van der Waals surface area contributed by atoms with Crippen LogP contribution in [-0.2, 0) is 9.59 Å². The summed E-state index contributed by atoms with van der Waals surface area (Å²) in [5, 5.41) is 16.6. The summed E-state index contributed by atoms with van der Waals surface area (Å²) in [6, 6.07) is 2.77. The Kier molecular flexibility index (Phi) is 7.71. The number of nitro groups is 1. The highest BCUT2D eigenvalue weighted by atomic mass is 16.6. The fourth-order valence-electron chi connectivity index (χ4n) is 2.45. The van der Waals surface area contributed by atoms with Crippen LogP contribution in [0, 0.1) is 17.0 Å². The SMILES string of the molecule is CCN(CC(=O)Nc1cc(OC)c([N+](=O)[O-])cc1C)CC(=O)NC(C)(C)C. The van der Waals surface area contributed by atoms with Crippen LogP contribution < -0.4 is 15.4 Å². The van der Waals surface area contributed by atoms with Gasteiger partial charge in [0.25, 0.3) is 0 Å². The Bertz CT molecular complexity index is 712. The van der Waals surface area contributed by atoms with E-state index in [2.05, 4.69) is 10.6 Å². The summed E-state index contributed by atoms with van der Waals surface area (Å²) in [7, 11) is 1.33. The molecule has 0 radical (unpaired) electrons. The molecule has 0 aliphatic heterocycles. The Morgan fingerprint density at radius 3 is 2.30 bits per heavy atom. The van der Waals surface area contributed by atoms with Gasteiger partial charge in [-0.15, -0.1) is 0 Å². The number of anilines is 1. The fourth-order valence-corrected chi connectivity index (χ4v) is 2.45. The number of benzene rings is 1. The van der Waals surface area contributed by atoms with Gasteiger partial charge in [0.1, 0.15) is 0 Å². The van der Waals surface area contributed by atoms with Gasteiger partial charge in [0.15, 0.2) is 5.75 Å². The maximum absolute atomic E-state index is 12.4. The minimum absolute atomic E-state index is 0.0206. The zero-order valence-electron chi connectivity index (χ0n) is 16.7. The van der Waals surface area contributed by atoms with E-state index in [1.165, 1.54) is 19.2 Å². The molecule has 1 rings (SSSR count). The van der Waals surface area contributed by atoms with Gasteiger partial charge in [-0.3, -0.25) is 24.6 Å². The molecule has 0 saturated carbocycles. The summed E-state index contributed by atoms with van der Waals surface area (Å²) in [4.78, 5) is 36.6. The van der Waals surface area contributed by atoms with Crippen molar-refractivity contribution in [2.75, 3.05) is 32.1 Å². The van der Waals surface area contributed by atoms with Crippen LogP contribution in [0.5, 0.6) is 5.75 Å². The summed E-state index contributed by atoms with van der Waals surface area (Å²) >= 11 is 0. The molecule has 27 heavy (non-hydrogen) atoms. The number of hydrogen-bond donors (Lipinski definition) is 2. The van der Waals surface area contributed by atoms with Crippen LogP contribution >= 0.6 is 0 Å². The molecule has 0 unspecified atom stereocenters. The lowest BCUT2D eigenvalue weighted by Gasteiger charge is -2.24. The van der Waals surface area contributed by atoms with Crippen molar-refractivity contribution >= 4 is 23.2 Å². The normalized spacial score (nSPS) is 11.2. The third-order valence-electron chi connectivity index (χ3n) is 3.69. The molecule has 1 aromatic rings. The number of methoxy groups -OCH3 is 1. The number of nitrogens with zero attached hydrogens (tertiary/aromatic N) is 2. The number of ether oxygens (including phenoxy) is 1. The molecular formula is C18H28N4O5. The van der Waals surface area contributed by atoms with Crippen molar-refractivity contribution in [3.05, 3.63) is 27.8 Å². The number of nitro benzene ring substituents is 1. The molecule has 9 heteroatoms. The molecule has 9 nitrogen and oxygen atoms in total. The molecule has 150 valence electrons. The Morgan fingerprint density at radius 2 is 1.81 bits per heavy atom. The zero-order valence-corrected chi connectivity index (χ0v) is 16.7. The smallest absolute Gasteiger partial charge is 0.311 e. The standard InChI is InChI=1S/C18H28N4O5/c1-7-21(11-17(24)20-18(3,4)5)10-16(23)19-13-9-15(27-6)14(22(25)26)8-12(13)2/h8-9H,7,10-11H2,1-6H3,(H,19,23)(H,20,24). The summed E-state index contributed by atoms with van der Waals surface area (Å²) < 4.78 is 5.03. The van der Waals surface area contributed by atoms with E-state index in [4.69, 9.17) is 4.74 Å². The first kappa shape index (κ1) is 22.4. The number of carbonyl (C=O) groups is 2. The Balaban J connectivity index is 2.80. The molecule has 0 aromatic heterocycles. The van der Waals surface area contributed by atoms with Crippen LogP contribution in [0.25, 0.3) is 0 Å². The first-order valence-corrected chi connectivity index (χ1v) is 8.63. The molecular weight excluding hydrogens is 352 g/mol. The van der Waals surface area contributed by atoms with E-state index in [1.54, 1.807) is 11.8 Å². The first-order chi connectivity index (χ1) is 12.5. The summed E-state index contributed by atoms with van der Waals surface area (Å²) in [5.74, 6) is -0.414. The molecule has 2 N–H and O–H groups in total. The highest BCUT2D eigenvalue weighted by Crippen LogP contribution is 2.32. The number of rotatable bonds is 8. The van der Waals surface area contributed by atoms with Crippen molar-refractivity contribution in [3.63, 3.8) is 0 Å². The van der Waals surface area contributed by atoms with Gasteiger partial charge in [0.2, 0.25) is 11.8 Å². The number of hydrogen-bond acceptors (Lipinski definition) is 6. The second-order valence-electron chi connectivity index (χ2n) is 7.25. The third-order valence-corrected chi connectivity index (χ3v) is 3.69. The maximum atomic E-state index is 12.4. The summed E-state index contributed by atoms with van der Waals surface area (Å²) in [5.41, 5.74) is 0.467. The number of aryl methyl sites for hydroxylation is 1. The topological polar surface area (TPSA) is 114 Å². The van der Waals surface area contributed by atoms with Gasteiger partial charge in [-0.05, 0) is 39.8 Å². The van der Waals surface area contributed by atoms with E-state index in [0.29, 0.717) is 17.8 Å². The molecule has 0 atom stereocenters. The molecule has 0 bridgehead atoms. The Morgan fingerprint density at radius 1 is 1.22 bits per heavy atom. The van der Waals surface area contributed by atoms with Crippen molar-refractivity contribution < 1.29 is 19.2 Å². The Hall–Kier alpha value is -2.68. The molecule has 0 fully saturated rings. The number of amides is 2. The second-order valence-corrected chi connectivity index (χ2v) is 7.25. The van der Waals surface area contributed by atoms with E-state index in [0.717, 1.165) is 0 Å². The first-order valence-electron chi connectivity index (χ1n) is 8.63. The largest absolute Gasteiger partial charge is 0.490 e. The van der Waals surface area contributed by atoms with Crippen molar-refractivity contribution in [3.8, 4) is 5.75 Å². The fraction of sp³-hybridized carbons (Fsp3) is 0.556. The van der Waals surface area contributed by atoms with E-state index < -0.39 is 4.92 Å². The van der Waals surface area contributed by atoms with Crippen molar-refractivity contribution in [2.45, 2.75) is 40.2 Å². The van der Waals surface area contributed by atoms with Gasteiger partial charge in [-0.2, -0.15) is 0 Å². The lowest BCUT2D eigenvalue weighted by molar-refractivity contribution is -0.385. The minimum Gasteiger partial charge on any atom is -0.490 e. The van der Waals surface area contributed by atoms with Crippen molar-refractivity contribution in [1.82, 2.24) is 10.2 Å². The molecule has 0 aliphatic carbocycles. The van der Waals surface area contributed by atoms with Gasteiger partial charge < -0.3 is 15.4 Å². The second kappa shape index (κ2) is 9.31. The monoisotopic (exact) mass is 380 g/mol. The summed E-state index contributed by atoms with van der Waals surface area (Å²) in [6.45, 7) is 9.83. The van der Waals surface area contributed by atoms with Crippen LogP contribution in [0.2, 0.25) is 0 Å². The van der Waals surface area contributed by atoms with E-state index in [9.17, 15) is 19.7 Å². The van der Waals surface area contributed by atoms with Crippen LogP contribution in [-0.4, -0.2) is 53.9 Å². The van der Waals surface area contributed by atoms with E-state index >= 15 is 0 Å². The van der Waals surface area contributed by atoms with Gasteiger partial charge in [-0.25, -0.2) is 0 Å². The van der Waals surface area contributed by atoms with Gasteiger partial charge in [0.05, 0.1) is 25.1 Å². The lowest BCUT2D eigenvalue weighted by atomic mass is 10.1. The van der Waals surface area contributed by atoms with Crippen LogP contribution in [0.15, 0.2) is 12.1 Å². The van der Waals surface area contributed by atoms with Crippen molar-refractivity contribution in [2.24, 2.45) is 0 Å².